The minimum atomic E-state index is -0.820. The molecule has 5 aliphatic rings. The maximum Gasteiger partial charge on any atom is 0.319 e. The van der Waals surface area contributed by atoms with E-state index in [0.29, 0.717) is 65.4 Å². The lowest BCUT2D eigenvalue weighted by molar-refractivity contribution is -0.141. The van der Waals surface area contributed by atoms with Crippen molar-refractivity contribution in [1.82, 2.24) is 45.5 Å². The molecular weight excluding hydrogens is 1020 g/mol. The number of aliphatic hydroxyl groups is 1. The Labute approximate surface area is 463 Å². The number of halogens is 1. The lowest BCUT2D eigenvalue weighted by Gasteiger charge is -2.46. The van der Waals surface area contributed by atoms with Crippen LogP contribution >= 0.6 is 11.3 Å². The molecule has 6 atom stereocenters. The van der Waals surface area contributed by atoms with Crippen LogP contribution in [0.15, 0.2) is 76.9 Å². The Morgan fingerprint density at radius 1 is 0.937 bits per heavy atom. The van der Waals surface area contributed by atoms with Crippen LogP contribution in [-0.4, -0.2) is 140 Å². The van der Waals surface area contributed by atoms with Gasteiger partial charge in [0.05, 0.1) is 33.6 Å². The number of nitrogens with zero attached hydrogens (tertiary/aromatic N) is 9. The molecule has 2 bridgehead atoms. The molecule has 9 heterocycles. The van der Waals surface area contributed by atoms with E-state index in [2.05, 4.69) is 42.4 Å². The van der Waals surface area contributed by atoms with Gasteiger partial charge in [-0.05, 0) is 116 Å². The van der Waals surface area contributed by atoms with Crippen molar-refractivity contribution in [2.75, 3.05) is 68.8 Å². The maximum atomic E-state index is 17.1. The molecule has 4 aromatic heterocycles. The van der Waals surface area contributed by atoms with Gasteiger partial charge in [0, 0.05) is 75.6 Å². The lowest BCUT2D eigenvalue weighted by atomic mass is 9.79. The molecule has 5 aliphatic heterocycles. The summed E-state index contributed by atoms with van der Waals surface area (Å²) in [6.45, 7) is 16.0. The number of piperidine rings is 1. The molecule has 0 saturated carbocycles. The second kappa shape index (κ2) is 22.0. The number of β-amino-alcohol motifs (C(OH)–C–C–N with tert-alkyl or cyclic N) is 1. The molecular formula is C60H70FN11O6S. The number of anilines is 2. The third-order valence-corrected chi connectivity index (χ3v) is 18.4. The first kappa shape index (κ1) is 52.9. The molecule has 17 nitrogen and oxygen atoms in total. The van der Waals surface area contributed by atoms with Gasteiger partial charge >= 0.3 is 6.01 Å². The number of rotatable bonds is 16. The van der Waals surface area contributed by atoms with Crippen molar-refractivity contribution in [3.8, 4) is 33.5 Å². The van der Waals surface area contributed by atoms with Crippen molar-refractivity contribution in [3.63, 3.8) is 0 Å². The zero-order chi connectivity index (χ0) is 54.6. The molecule has 5 fully saturated rings. The number of pyridine rings is 1. The van der Waals surface area contributed by atoms with E-state index in [1.165, 1.54) is 4.90 Å². The molecule has 0 aliphatic carbocycles. The molecule has 7 aromatic rings. The first-order chi connectivity index (χ1) is 38.3. The predicted molar refractivity (Wildman–Crippen MR) is 303 cm³/mol. The predicted octanol–water partition coefficient (Wildman–Crippen LogP) is 8.42. The van der Waals surface area contributed by atoms with E-state index >= 15 is 4.39 Å². The van der Waals surface area contributed by atoms with Crippen molar-refractivity contribution < 1.29 is 33.5 Å². The van der Waals surface area contributed by atoms with Crippen molar-refractivity contribution in [1.29, 1.82) is 0 Å². The van der Waals surface area contributed by atoms with Crippen LogP contribution in [0.2, 0.25) is 0 Å². The smallest absolute Gasteiger partial charge is 0.319 e. The van der Waals surface area contributed by atoms with Gasteiger partial charge < -0.3 is 44.8 Å². The van der Waals surface area contributed by atoms with E-state index in [9.17, 15) is 19.8 Å². The highest BCUT2D eigenvalue weighted by Crippen LogP contribution is 2.41. The normalized spacial score (nSPS) is 21.8. The molecule has 12 rings (SSSR count). The number of phenols is 1. The zero-order valence-electron chi connectivity index (χ0n) is 45.6. The number of piperazine rings is 1. The third kappa shape index (κ3) is 10.5. The Balaban J connectivity index is 0.656. The third-order valence-electron chi connectivity index (χ3n) is 17.4. The second-order valence-corrected chi connectivity index (χ2v) is 23.8. The van der Waals surface area contributed by atoms with E-state index in [1.807, 2.05) is 81.7 Å². The summed E-state index contributed by atoms with van der Waals surface area (Å²) in [7, 11) is 0. The first-order valence-electron chi connectivity index (χ1n) is 28.2. The maximum absolute atomic E-state index is 17.1. The number of aryl methyl sites for hydroxylation is 2. The Hall–Kier alpha value is -6.80. The Morgan fingerprint density at radius 2 is 1.71 bits per heavy atom. The van der Waals surface area contributed by atoms with Crippen LogP contribution in [0.4, 0.5) is 16.0 Å². The van der Waals surface area contributed by atoms with Crippen molar-refractivity contribution in [3.05, 3.63) is 101 Å². The number of hydrogen-bond donors (Lipinski definition) is 4. The van der Waals surface area contributed by atoms with E-state index in [0.717, 1.165) is 109 Å². The number of aliphatic hydroxyl groups excluding tert-OH is 1. The summed E-state index contributed by atoms with van der Waals surface area (Å²) < 4.78 is 29.4. The van der Waals surface area contributed by atoms with Gasteiger partial charge in [-0.3, -0.25) is 19.5 Å². The minimum Gasteiger partial charge on any atom is -0.508 e. The highest BCUT2D eigenvalue weighted by molar-refractivity contribution is 7.13. The topological polar surface area (TPSA) is 198 Å². The summed E-state index contributed by atoms with van der Waals surface area (Å²) in [6.07, 6.45) is 6.01. The molecule has 0 radical (unpaired) electrons. The number of fused-ring (bicyclic) bond motifs is 4. The monoisotopic (exact) mass is 1090 g/mol. The molecule has 4 N–H and O–H groups in total. The average Bonchev–Trinajstić information content (AvgIpc) is 4.27. The van der Waals surface area contributed by atoms with Crippen LogP contribution in [0.1, 0.15) is 94.3 Å². The number of nitrogens with one attached hydrogen (secondary N) is 2. The number of benzene rings is 3. The van der Waals surface area contributed by atoms with Crippen molar-refractivity contribution in [2.24, 2.45) is 17.8 Å². The number of ether oxygens (including phenoxy) is 1. The number of thiazole rings is 1. The van der Waals surface area contributed by atoms with Gasteiger partial charge in [-0.1, -0.05) is 68.4 Å². The summed E-state index contributed by atoms with van der Waals surface area (Å²) in [5.74, 6) is 0.919. The fourth-order valence-corrected chi connectivity index (χ4v) is 13.9. The van der Waals surface area contributed by atoms with Crippen LogP contribution in [-0.2, 0) is 16.0 Å². The van der Waals surface area contributed by atoms with E-state index < -0.39 is 23.9 Å². The van der Waals surface area contributed by atoms with E-state index in [4.69, 9.17) is 24.2 Å². The molecule has 2 unspecified atom stereocenters. The number of amides is 2. The quantitative estimate of drug-likeness (QED) is 0.0719. The van der Waals surface area contributed by atoms with E-state index in [1.54, 1.807) is 29.7 Å². The highest BCUT2D eigenvalue weighted by Gasteiger charge is 2.45. The Kier molecular flexibility index (Phi) is 14.7. The molecule has 2 amide bonds. The summed E-state index contributed by atoms with van der Waals surface area (Å²) in [5, 5.41) is 35.0. The van der Waals surface area contributed by atoms with Crippen molar-refractivity contribution >= 4 is 56.5 Å². The SMILES string of the molecule is CCc1cccc2cc(O)cc(-c3ncc4c(N5CC6CCC(C5)N6)nc(OCCN5CCC(C6CN(c7cc([C@H](C(=O)N8C[C@H](O)C[C@H]8C(=O)N[C@@H](C)c8ccc(-c9scnc9C)cc8)C(C)C)on7)C6)CC5)nc4c3F)c12. The molecule has 414 valence electrons. The Bertz CT molecular complexity index is 3370. The summed E-state index contributed by atoms with van der Waals surface area (Å²) in [5.41, 5.74) is 6.66. The minimum absolute atomic E-state index is 0.0408. The fraction of sp³-hybridized carbons (Fsp3) is 0.483. The second-order valence-electron chi connectivity index (χ2n) is 22.9. The fourth-order valence-electron chi connectivity index (χ4n) is 13.1. The summed E-state index contributed by atoms with van der Waals surface area (Å²) >= 11 is 1.59. The highest BCUT2D eigenvalue weighted by atomic mass is 32.1. The largest absolute Gasteiger partial charge is 0.508 e. The number of carbonyl (C=O) groups excluding carboxylic acids is 2. The summed E-state index contributed by atoms with van der Waals surface area (Å²) in [4.78, 5) is 56.5. The van der Waals surface area contributed by atoms with Gasteiger partial charge in [-0.15, -0.1) is 11.3 Å². The van der Waals surface area contributed by atoms with Gasteiger partial charge in [0.25, 0.3) is 0 Å². The Morgan fingerprint density at radius 3 is 2.43 bits per heavy atom. The number of hydrogen-bond acceptors (Lipinski definition) is 16. The van der Waals surface area contributed by atoms with Crippen LogP contribution < -0.4 is 25.2 Å². The number of aromatic nitrogens is 5. The van der Waals surface area contributed by atoms with Gasteiger partial charge in [-0.25, -0.2) is 9.37 Å². The molecule has 79 heavy (non-hydrogen) atoms. The van der Waals surface area contributed by atoms with Crippen LogP contribution in [0.5, 0.6) is 11.8 Å². The van der Waals surface area contributed by atoms with E-state index in [-0.39, 0.29) is 59.7 Å². The van der Waals surface area contributed by atoms with Crippen molar-refractivity contribution in [2.45, 2.75) is 109 Å². The standard InChI is InChI=1S/C60H70FN11O6S/c1-6-36-8-7-9-40-22-44(73)23-46(52(36)40)54-53(61)55-47(26-62-54)57(71-29-42-14-15-43(30-71)65-42)67-60(66-55)77-21-20-69-18-16-38(17-19-69)41-27-70(28-41)50-25-49(78-68-50)51(33(2)3)59(76)72-31-45(74)24-48(72)58(75)64-34(4)37-10-12-39(13-11-37)56-35(5)63-32-79-56/h7-13,22-23,25-26,32-34,38,41-43,45,48,51,65,73-74H,6,14-21,24,27-31H2,1-5H3,(H,64,75)/t34-,42?,43?,45+,48-,51+/m0/s1. The molecule has 5 saturated heterocycles. The lowest BCUT2D eigenvalue weighted by Crippen LogP contribution is -2.52. The number of carbonyl (C=O) groups is 2. The zero-order valence-corrected chi connectivity index (χ0v) is 46.4. The summed E-state index contributed by atoms with van der Waals surface area (Å²) in [6, 6.07) is 18.8. The van der Waals surface area contributed by atoms with Gasteiger partial charge in [-0.2, -0.15) is 9.97 Å². The molecule has 3 aromatic carbocycles. The van der Waals surface area contributed by atoms with Crippen LogP contribution in [0.3, 0.4) is 0 Å². The average molecular weight is 1090 g/mol. The van der Waals surface area contributed by atoms with Gasteiger partial charge in [0.2, 0.25) is 11.8 Å². The number of phenolic OH excluding ortho intramolecular Hbond substituents is 1. The van der Waals surface area contributed by atoms with Crippen LogP contribution in [0, 0.1) is 30.5 Å². The number of likely N-dealkylation sites (tertiary alicyclic amines) is 2. The molecule has 0 spiro atoms. The molecule has 19 heteroatoms. The van der Waals surface area contributed by atoms with Crippen LogP contribution in [0.25, 0.3) is 43.4 Å². The number of aromatic hydroxyl groups is 1. The van der Waals surface area contributed by atoms with Gasteiger partial charge in [0.1, 0.15) is 41.3 Å². The van der Waals surface area contributed by atoms with Gasteiger partial charge in [0.15, 0.2) is 17.4 Å². The first-order valence-corrected chi connectivity index (χ1v) is 29.1.